The van der Waals surface area contributed by atoms with Gasteiger partial charge in [0.25, 0.3) is 11.8 Å². The number of ether oxygens (including phenoxy) is 4. The van der Waals surface area contributed by atoms with Crippen LogP contribution in [0, 0.1) is 0 Å². The van der Waals surface area contributed by atoms with Gasteiger partial charge >= 0.3 is 0 Å². The van der Waals surface area contributed by atoms with Gasteiger partial charge in [-0.05, 0) is 37.1 Å². The van der Waals surface area contributed by atoms with Crippen LogP contribution in [0.4, 0.5) is 5.69 Å². The molecule has 1 aliphatic heterocycles. The van der Waals surface area contributed by atoms with E-state index in [-0.39, 0.29) is 24.2 Å². The van der Waals surface area contributed by atoms with Crippen LogP contribution in [0.15, 0.2) is 36.4 Å². The van der Waals surface area contributed by atoms with Crippen molar-refractivity contribution in [3.63, 3.8) is 0 Å². The van der Waals surface area contributed by atoms with Crippen LogP contribution >= 0.6 is 0 Å². The van der Waals surface area contributed by atoms with Gasteiger partial charge in [-0.3, -0.25) is 9.59 Å². The van der Waals surface area contributed by atoms with E-state index in [0.717, 1.165) is 25.9 Å². The molecule has 0 bridgehead atoms. The van der Waals surface area contributed by atoms with Crippen molar-refractivity contribution in [2.45, 2.75) is 12.8 Å². The Labute approximate surface area is 175 Å². The van der Waals surface area contributed by atoms with Crippen molar-refractivity contribution >= 4 is 17.5 Å². The molecule has 0 saturated carbocycles. The molecule has 0 atom stereocenters. The molecule has 2 aromatic carbocycles. The number of benzene rings is 2. The zero-order valence-corrected chi connectivity index (χ0v) is 17.4. The Morgan fingerprint density at radius 2 is 1.70 bits per heavy atom. The van der Waals surface area contributed by atoms with Crippen molar-refractivity contribution in [1.29, 1.82) is 0 Å². The van der Waals surface area contributed by atoms with E-state index in [1.807, 2.05) is 0 Å². The highest BCUT2D eigenvalue weighted by atomic mass is 16.5. The SMILES string of the molecule is COc1ccc(C(=O)Nc2cccc(OCC(=O)N3CCCC3)c2)c(OC)c1OC. The second kappa shape index (κ2) is 9.87. The van der Waals surface area contributed by atoms with Gasteiger partial charge < -0.3 is 29.2 Å². The molecule has 0 spiro atoms. The van der Waals surface area contributed by atoms with Crippen molar-refractivity contribution in [1.82, 2.24) is 4.90 Å². The van der Waals surface area contributed by atoms with Crippen molar-refractivity contribution < 1.29 is 28.5 Å². The van der Waals surface area contributed by atoms with Crippen LogP contribution in [-0.4, -0.2) is 57.7 Å². The molecule has 30 heavy (non-hydrogen) atoms. The Morgan fingerprint density at radius 1 is 0.967 bits per heavy atom. The van der Waals surface area contributed by atoms with Gasteiger partial charge in [0, 0.05) is 24.8 Å². The Morgan fingerprint density at radius 3 is 2.37 bits per heavy atom. The van der Waals surface area contributed by atoms with Crippen molar-refractivity contribution in [3.8, 4) is 23.0 Å². The lowest BCUT2D eigenvalue weighted by molar-refractivity contribution is -0.132. The number of nitrogens with one attached hydrogen (secondary N) is 1. The molecule has 3 rings (SSSR count). The third-order valence-electron chi connectivity index (χ3n) is 4.86. The second-order valence-electron chi connectivity index (χ2n) is 6.74. The summed E-state index contributed by atoms with van der Waals surface area (Å²) in [5.74, 6) is 1.17. The summed E-state index contributed by atoms with van der Waals surface area (Å²) in [4.78, 5) is 26.8. The van der Waals surface area contributed by atoms with E-state index in [9.17, 15) is 9.59 Å². The molecule has 8 heteroatoms. The smallest absolute Gasteiger partial charge is 0.260 e. The van der Waals surface area contributed by atoms with Gasteiger partial charge in [-0.15, -0.1) is 0 Å². The number of carbonyl (C=O) groups is 2. The fourth-order valence-electron chi connectivity index (χ4n) is 3.35. The highest BCUT2D eigenvalue weighted by Gasteiger charge is 2.21. The molecule has 1 aliphatic rings. The first-order chi connectivity index (χ1) is 14.6. The number of likely N-dealkylation sites (tertiary alicyclic amines) is 1. The van der Waals surface area contributed by atoms with E-state index in [2.05, 4.69) is 5.32 Å². The van der Waals surface area contributed by atoms with Gasteiger partial charge in [-0.1, -0.05) is 6.07 Å². The summed E-state index contributed by atoms with van der Waals surface area (Å²) in [6, 6.07) is 10.1. The standard InChI is InChI=1S/C22H26N2O6/c1-27-18-10-9-17(20(28-2)21(18)29-3)22(26)23-15-7-6-8-16(13-15)30-14-19(25)24-11-4-5-12-24/h6-10,13H,4-5,11-12,14H2,1-3H3,(H,23,26). The predicted molar refractivity (Wildman–Crippen MR) is 112 cm³/mol. The number of methoxy groups -OCH3 is 3. The van der Waals surface area contributed by atoms with Crippen LogP contribution < -0.4 is 24.3 Å². The lowest BCUT2D eigenvalue weighted by Crippen LogP contribution is -2.32. The summed E-state index contributed by atoms with van der Waals surface area (Å²) in [6.07, 6.45) is 2.07. The van der Waals surface area contributed by atoms with Crippen LogP contribution in [0.2, 0.25) is 0 Å². The summed E-state index contributed by atoms with van der Waals surface area (Å²) in [6.45, 7) is 1.54. The average molecular weight is 414 g/mol. The van der Waals surface area contributed by atoms with E-state index in [1.165, 1.54) is 21.3 Å². The predicted octanol–water partition coefficient (Wildman–Crippen LogP) is 2.97. The van der Waals surface area contributed by atoms with Crippen LogP contribution in [0.1, 0.15) is 23.2 Å². The van der Waals surface area contributed by atoms with E-state index >= 15 is 0 Å². The molecule has 1 saturated heterocycles. The lowest BCUT2D eigenvalue weighted by atomic mass is 10.1. The fraction of sp³-hybridized carbons (Fsp3) is 0.364. The third-order valence-corrected chi connectivity index (χ3v) is 4.86. The maximum Gasteiger partial charge on any atom is 0.260 e. The number of anilines is 1. The molecule has 0 radical (unpaired) electrons. The zero-order valence-electron chi connectivity index (χ0n) is 17.4. The molecule has 160 valence electrons. The first-order valence-electron chi connectivity index (χ1n) is 9.68. The minimum absolute atomic E-state index is 0.0269. The molecule has 2 aromatic rings. The molecule has 0 aliphatic carbocycles. The Bertz CT molecular complexity index is 908. The summed E-state index contributed by atoms with van der Waals surface area (Å²) < 4.78 is 21.6. The molecule has 0 aromatic heterocycles. The Balaban J connectivity index is 1.70. The van der Waals surface area contributed by atoms with Gasteiger partial charge in [0.05, 0.1) is 26.9 Å². The van der Waals surface area contributed by atoms with Gasteiger partial charge in [0.15, 0.2) is 18.1 Å². The minimum atomic E-state index is -0.377. The number of carbonyl (C=O) groups excluding carboxylic acids is 2. The van der Waals surface area contributed by atoms with E-state index < -0.39 is 0 Å². The molecule has 1 fully saturated rings. The van der Waals surface area contributed by atoms with Crippen LogP contribution in [-0.2, 0) is 4.79 Å². The molecular weight excluding hydrogens is 388 g/mol. The molecule has 1 N–H and O–H groups in total. The topological polar surface area (TPSA) is 86.3 Å². The summed E-state index contributed by atoms with van der Waals surface area (Å²) >= 11 is 0. The van der Waals surface area contributed by atoms with E-state index in [1.54, 1.807) is 41.3 Å². The van der Waals surface area contributed by atoms with Crippen LogP contribution in [0.3, 0.4) is 0 Å². The third kappa shape index (κ3) is 4.76. The number of amides is 2. The first kappa shape index (κ1) is 21.3. The molecule has 1 heterocycles. The molecule has 0 unspecified atom stereocenters. The largest absolute Gasteiger partial charge is 0.493 e. The van der Waals surface area contributed by atoms with Crippen LogP contribution in [0.5, 0.6) is 23.0 Å². The normalized spacial score (nSPS) is 13.0. The fourth-order valence-corrected chi connectivity index (χ4v) is 3.35. The van der Waals surface area contributed by atoms with Crippen molar-refractivity contribution in [3.05, 3.63) is 42.0 Å². The van der Waals surface area contributed by atoms with E-state index in [4.69, 9.17) is 18.9 Å². The van der Waals surface area contributed by atoms with E-state index in [0.29, 0.717) is 28.5 Å². The maximum atomic E-state index is 12.8. The van der Waals surface area contributed by atoms with Crippen molar-refractivity contribution in [2.24, 2.45) is 0 Å². The number of hydrogen-bond acceptors (Lipinski definition) is 6. The summed E-state index contributed by atoms with van der Waals surface area (Å²) in [5, 5.41) is 2.81. The van der Waals surface area contributed by atoms with Crippen molar-refractivity contribution in [2.75, 3.05) is 46.3 Å². The average Bonchev–Trinajstić information content (AvgIpc) is 3.31. The second-order valence-corrected chi connectivity index (χ2v) is 6.74. The number of nitrogens with zero attached hydrogens (tertiary/aromatic N) is 1. The van der Waals surface area contributed by atoms with Gasteiger partial charge in [-0.25, -0.2) is 0 Å². The van der Waals surface area contributed by atoms with Crippen LogP contribution in [0.25, 0.3) is 0 Å². The lowest BCUT2D eigenvalue weighted by Gasteiger charge is -2.16. The minimum Gasteiger partial charge on any atom is -0.493 e. The van der Waals surface area contributed by atoms with Gasteiger partial charge in [0.2, 0.25) is 5.75 Å². The summed E-state index contributed by atoms with van der Waals surface area (Å²) in [5.41, 5.74) is 0.827. The first-order valence-corrected chi connectivity index (χ1v) is 9.68. The maximum absolute atomic E-state index is 12.8. The Kier molecular flexibility index (Phi) is 7.00. The van der Waals surface area contributed by atoms with Gasteiger partial charge in [0.1, 0.15) is 5.75 Å². The summed E-state index contributed by atoms with van der Waals surface area (Å²) in [7, 11) is 4.45. The zero-order chi connectivity index (χ0) is 21.5. The number of rotatable bonds is 8. The monoisotopic (exact) mass is 414 g/mol. The quantitative estimate of drug-likeness (QED) is 0.715. The van der Waals surface area contributed by atoms with Gasteiger partial charge in [-0.2, -0.15) is 0 Å². The molecule has 8 nitrogen and oxygen atoms in total. The highest BCUT2D eigenvalue weighted by Crippen LogP contribution is 2.40. The molecular formula is C22H26N2O6. The number of hydrogen-bond donors (Lipinski definition) is 1. The molecule has 2 amide bonds. The highest BCUT2D eigenvalue weighted by molar-refractivity contribution is 6.07. The Hall–Kier alpha value is -3.42.